The zero-order valence-corrected chi connectivity index (χ0v) is 70.0. The highest BCUT2D eigenvalue weighted by Crippen LogP contribution is 2.45. The molecule has 0 aliphatic heterocycles. The SMILES string of the molecule is CCCCCCCCCCCCCCCCCCCCCCCCC(=O)O[C@H](COC(=O)CCCCCCCCCCCCCCCCCCCCC)COP(=O)(O)OC[C@@H](O)COP(=O)(O)OC[C@@H](COC(=O)CCCCCCC)OC(=O)CCCCCCCCCCCCCCCCCC(C)C. The van der Waals surface area contributed by atoms with E-state index in [1.165, 1.54) is 276 Å². The van der Waals surface area contributed by atoms with Crippen molar-refractivity contribution in [2.45, 2.75) is 477 Å². The molecule has 0 spiro atoms. The summed E-state index contributed by atoms with van der Waals surface area (Å²) in [7, 11) is -9.91. The Hall–Kier alpha value is -1.94. The van der Waals surface area contributed by atoms with Gasteiger partial charge in [-0.25, -0.2) is 9.13 Å². The molecule has 0 aromatic heterocycles. The number of hydrogen-bond acceptors (Lipinski definition) is 15. The molecule has 2 unspecified atom stereocenters. The Balaban J connectivity index is 5.10. The number of carbonyl (C=O) groups is 4. The second-order valence-corrected chi connectivity index (χ2v) is 34.0. The van der Waals surface area contributed by atoms with Crippen LogP contribution in [0, 0.1) is 5.92 Å². The van der Waals surface area contributed by atoms with Gasteiger partial charge in [-0.1, -0.05) is 407 Å². The molecule has 0 bridgehead atoms. The Kier molecular flexibility index (Phi) is 76.3. The van der Waals surface area contributed by atoms with Crippen LogP contribution in [0.3, 0.4) is 0 Å². The van der Waals surface area contributed by atoms with E-state index in [1.54, 1.807) is 0 Å². The zero-order valence-electron chi connectivity index (χ0n) is 68.2. The van der Waals surface area contributed by atoms with Gasteiger partial charge in [-0.3, -0.25) is 37.3 Å². The van der Waals surface area contributed by atoms with Crippen LogP contribution in [0.25, 0.3) is 0 Å². The van der Waals surface area contributed by atoms with Crippen molar-refractivity contribution in [3.63, 3.8) is 0 Å². The Morgan fingerprint density at radius 2 is 0.442 bits per heavy atom. The molecule has 0 rings (SSSR count). The van der Waals surface area contributed by atoms with Crippen LogP contribution in [0.15, 0.2) is 0 Å². The number of aliphatic hydroxyl groups is 1. The van der Waals surface area contributed by atoms with E-state index in [0.29, 0.717) is 25.7 Å². The number of ether oxygens (including phenoxy) is 4. The first kappa shape index (κ1) is 102. The second-order valence-electron chi connectivity index (χ2n) is 31.1. The number of unbranched alkanes of at least 4 members (excludes halogenated alkanes) is 57. The highest BCUT2D eigenvalue weighted by atomic mass is 31.2. The first-order valence-electron chi connectivity index (χ1n) is 44.1. The fourth-order valence-corrected chi connectivity index (χ4v) is 14.9. The van der Waals surface area contributed by atoms with E-state index in [1.807, 2.05) is 0 Å². The lowest BCUT2D eigenvalue weighted by Gasteiger charge is -2.21. The van der Waals surface area contributed by atoms with Crippen LogP contribution in [0.2, 0.25) is 0 Å². The number of rotatable bonds is 85. The molecule has 0 amide bonds. The van der Waals surface area contributed by atoms with Crippen LogP contribution in [-0.4, -0.2) is 96.7 Å². The van der Waals surface area contributed by atoms with E-state index in [9.17, 15) is 43.2 Å². The molecule has 0 fully saturated rings. The summed E-state index contributed by atoms with van der Waals surface area (Å²) in [5.41, 5.74) is 0. The summed E-state index contributed by atoms with van der Waals surface area (Å²) in [5.74, 6) is -1.31. The molecule has 0 saturated carbocycles. The van der Waals surface area contributed by atoms with Crippen molar-refractivity contribution in [3.8, 4) is 0 Å². The minimum atomic E-state index is -4.96. The van der Waals surface area contributed by atoms with Crippen LogP contribution in [0.1, 0.15) is 458 Å². The van der Waals surface area contributed by atoms with Gasteiger partial charge < -0.3 is 33.8 Å². The van der Waals surface area contributed by atoms with E-state index in [0.717, 1.165) is 102 Å². The largest absolute Gasteiger partial charge is 0.472 e. The Morgan fingerprint density at radius 1 is 0.260 bits per heavy atom. The number of aliphatic hydroxyl groups excluding tert-OH is 1. The zero-order chi connectivity index (χ0) is 76.2. The Morgan fingerprint density at radius 3 is 0.654 bits per heavy atom. The van der Waals surface area contributed by atoms with Crippen molar-refractivity contribution >= 4 is 39.5 Å². The van der Waals surface area contributed by atoms with Crippen LogP contribution in [-0.2, 0) is 65.4 Å². The molecular formula is C85H166O17P2. The van der Waals surface area contributed by atoms with E-state index in [4.69, 9.17) is 37.0 Å². The Labute approximate surface area is 638 Å². The lowest BCUT2D eigenvalue weighted by atomic mass is 10.0. The Bertz CT molecular complexity index is 1980. The van der Waals surface area contributed by atoms with Gasteiger partial charge in [0.25, 0.3) is 0 Å². The van der Waals surface area contributed by atoms with Gasteiger partial charge in [0.15, 0.2) is 12.2 Å². The first-order chi connectivity index (χ1) is 50.5. The summed E-state index contributed by atoms with van der Waals surface area (Å²) in [4.78, 5) is 72.9. The second kappa shape index (κ2) is 77.8. The number of carbonyl (C=O) groups excluding carboxylic acids is 4. The van der Waals surface area contributed by atoms with E-state index in [2.05, 4.69) is 34.6 Å². The normalized spacial score (nSPS) is 13.8. The molecule has 3 N–H and O–H groups in total. The van der Waals surface area contributed by atoms with Crippen molar-refractivity contribution in [3.05, 3.63) is 0 Å². The number of phosphoric ester groups is 2. The molecule has 5 atom stereocenters. The standard InChI is InChI=1S/C85H166O17P2/c1-6-9-12-15-17-19-21-23-25-27-29-30-31-33-35-39-43-47-51-55-60-66-71-85(90)102-81(75-96-83(88)69-64-59-54-50-46-42-38-34-32-28-26-24-22-20-18-16-13-10-7-2)77-100-104(93,94)98-73-79(86)72-97-103(91,92)99-76-80(74-95-82(87)68-63-57-14-11-8-3)101-84(89)70-65-61-56-52-48-44-40-36-37-41-45-49-53-58-62-67-78(4)5/h78-81,86H,6-77H2,1-5H3,(H,91,92)(H,93,94)/t79-,80+,81+/m0/s1. The van der Waals surface area contributed by atoms with Crippen molar-refractivity contribution in [2.24, 2.45) is 5.92 Å². The average Bonchev–Trinajstić information content (AvgIpc) is 0.904. The van der Waals surface area contributed by atoms with Crippen LogP contribution < -0.4 is 0 Å². The molecular weight excluding hydrogens is 1350 g/mol. The van der Waals surface area contributed by atoms with Gasteiger partial charge in [-0.2, -0.15) is 0 Å². The molecule has 0 aromatic rings. The van der Waals surface area contributed by atoms with Gasteiger partial charge in [-0.15, -0.1) is 0 Å². The average molecular weight is 1520 g/mol. The maximum atomic E-state index is 13.1. The predicted molar refractivity (Wildman–Crippen MR) is 428 cm³/mol. The summed E-state index contributed by atoms with van der Waals surface area (Å²) in [6, 6.07) is 0. The minimum absolute atomic E-state index is 0.107. The summed E-state index contributed by atoms with van der Waals surface area (Å²) < 4.78 is 68.6. The fraction of sp³-hybridized carbons (Fsp3) is 0.953. The van der Waals surface area contributed by atoms with Crippen LogP contribution in [0.4, 0.5) is 0 Å². The van der Waals surface area contributed by atoms with Gasteiger partial charge >= 0.3 is 39.5 Å². The maximum Gasteiger partial charge on any atom is 0.472 e. The van der Waals surface area contributed by atoms with Crippen molar-refractivity contribution in [1.29, 1.82) is 0 Å². The summed E-state index contributed by atoms with van der Waals surface area (Å²) in [6.45, 7) is 7.29. The molecule has 0 aromatic carbocycles. The molecule has 0 aliphatic carbocycles. The van der Waals surface area contributed by atoms with Crippen LogP contribution >= 0.6 is 15.6 Å². The van der Waals surface area contributed by atoms with Crippen molar-refractivity contribution in [2.75, 3.05) is 39.6 Å². The van der Waals surface area contributed by atoms with Gasteiger partial charge in [0, 0.05) is 25.7 Å². The van der Waals surface area contributed by atoms with Crippen LogP contribution in [0.5, 0.6) is 0 Å². The van der Waals surface area contributed by atoms with Crippen molar-refractivity contribution < 1.29 is 80.2 Å². The van der Waals surface area contributed by atoms with E-state index >= 15 is 0 Å². The third-order valence-corrected chi connectivity index (χ3v) is 21.9. The highest BCUT2D eigenvalue weighted by Gasteiger charge is 2.30. The summed E-state index contributed by atoms with van der Waals surface area (Å²) >= 11 is 0. The summed E-state index contributed by atoms with van der Waals surface area (Å²) in [6.07, 6.45) is 71.5. The molecule has 19 heteroatoms. The number of hydrogen-bond donors (Lipinski definition) is 3. The highest BCUT2D eigenvalue weighted by molar-refractivity contribution is 7.47. The number of esters is 4. The molecule has 0 aliphatic rings. The number of phosphoric acid groups is 2. The van der Waals surface area contributed by atoms with E-state index in [-0.39, 0.29) is 25.7 Å². The fourth-order valence-electron chi connectivity index (χ4n) is 13.3. The lowest BCUT2D eigenvalue weighted by Crippen LogP contribution is -2.30. The van der Waals surface area contributed by atoms with Gasteiger partial charge in [0.05, 0.1) is 26.4 Å². The smallest absolute Gasteiger partial charge is 0.462 e. The predicted octanol–water partition coefficient (Wildman–Crippen LogP) is 26.0. The lowest BCUT2D eigenvalue weighted by molar-refractivity contribution is -0.161. The van der Waals surface area contributed by atoms with E-state index < -0.39 is 97.5 Å². The first-order valence-corrected chi connectivity index (χ1v) is 47.1. The van der Waals surface area contributed by atoms with Gasteiger partial charge in [0.2, 0.25) is 0 Å². The molecule has 0 heterocycles. The third kappa shape index (κ3) is 78.2. The monoisotopic (exact) mass is 1520 g/mol. The van der Waals surface area contributed by atoms with Gasteiger partial charge in [0.1, 0.15) is 19.3 Å². The molecule has 0 radical (unpaired) electrons. The summed E-state index contributed by atoms with van der Waals surface area (Å²) in [5, 5.41) is 10.6. The van der Waals surface area contributed by atoms with Gasteiger partial charge in [-0.05, 0) is 31.6 Å². The third-order valence-electron chi connectivity index (χ3n) is 20.0. The maximum absolute atomic E-state index is 13.1. The molecule has 0 saturated heterocycles. The topological polar surface area (TPSA) is 237 Å². The quantitative estimate of drug-likeness (QED) is 0.0222. The van der Waals surface area contributed by atoms with Crippen molar-refractivity contribution in [1.82, 2.24) is 0 Å². The minimum Gasteiger partial charge on any atom is -0.462 e. The molecule has 618 valence electrons. The molecule has 17 nitrogen and oxygen atoms in total. The molecule has 104 heavy (non-hydrogen) atoms.